The molecule has 0 bridgehead atoms. The van der Waals surface area contributed by atoms with Crippen molar-refractivity contribution in [3.63, 3.8) is 0 Å². The van der Waals surface area contributed by atoms with Crippen LogP contribution in [0, 0.1) is 0 Å². The van der Waals surface area contributed by atoms with Crippen LogP contribution in [-0.4, -0.2) is 42.5 Å². The average molecular weight is 495 g/mol. The van der Waals surface area contributed by atoms with Gasteiger partial charge in [-0.25, -0.2) is 10.0 Å². The molecule has 0 aliphatic rings. The van der Waals surface area contributed by atoms with E-state index in [0.717, 1.165) is 25.9 Å². The fourth-order valence-electron chi connectivity index (χ4n) is 5.11. The first-order chi connectivity index (χ1) is 17.3. The van der Waals surface area contributed by atoms with Gasteiger partial charge in [0.1, 0.15) is 6.29 Å². The van der Waals surface area contributed by atoms with Crippen molar-refractivity contribution in [2.45, 2.75) is 175 Å². The number of hydrazine groups is 1. The molecule has 0 saturated carbocycles. The topological polar surface area (TPSA) is 23.6 Å². The number of hydrogen-bond donors (Lipinski definition) is 0. The highest BCUT2D eigenvalue weighted by atomic mass is 16.1. The van der Waals surface area contributed by atoms with Gasteiger partial charge in [0.05, 0.1) is 6.54 Å². The van der Waals surface area contributed by atoms with Gasteiger partial charge in [-0.2, -0.15) is 0 Å². The van der Waals surface area contributed by atoms with Crippen LogP contribution < -0.4 is 0 Å². The van der Waals surface area contributed by atoms with Gasteiger partial charge in [0.25, 0.3) is 0 Å². The van der Waals surface area contributed by atoms with Crippen LogP contribution in [0.2, 0.25) is 0 Å². The predicted molar refractivity (Wildman–Crippen MR) is 157 cm³/mol. The Balaban J connectivity index is 4.30. The van der Waals surface area contributed by atoms with Crippen LogP contribution in [0.5, 0.6) is 0 Å². The van der Waals surface area contributed by atoms with Gasteiger partial charge in [-0.1, -0.05) is 156 Å². The van der Waals surface area contributed by atoms with Gasteiger partial charge in [-0.3, -0.25) is 0 Å². The van der Waals surface area contributed by atoms with Crippen molar-refractivity contribution in [3.05, 3.63) is 0 Å². The van der Waals surface area contributed by atoms with E-state index in [4.69, 9.17) is 0 Å². The molecule has 0 atom stereocenters. The first-order valence-corrected chi connectivity index (χ1v) is 16.2. The molecule has 0 fully saturated rings. The van der Waals surface area contributed by atoms with Crippen molar-refractivity contribution in [2.24, 2.45) is 0 Å². The first kappa shape index (κ1) is 34.6. The van der Waals surface area contributed by atoms with Crippen molar-refractivity contribution in [3.8, 4) is 0 Å². The normalized spacial score (nSPS) is 11.7. The smallest absolute Gasteiger partial charge is 0.135 e. The largest absolute Gasteiger partial charge is 0.302 e. The summed E-state index contributed by atoms with van der Waals surface area (Å²) in [5.41, 5.74) is 0. The summed E-state index contributed by atoms with van der Waals surface area (Å²) in [6.45, 7) is 10.8. The van der Waals surface area contributed by atoms with E-state index in [-0.39, 0.29) is 0 Å². The molecule has 0 aromatic carbocycles. The molecule has 210 valence electrons. The molecule has 0 aromatic rings. The molecule has 0 radical (unpaired) electrons. The molecule has 0 aliphatic carbocycles. The maximum absolute atomic E-state index is 11.5. The van der Waals surface area contributed by atoms with E-state index in [1.807, 2.05) is 0 Å². The molecule has 0 N–H and O–H groups in total. The highest BCUT2D eigenvalue weighted by Gasteiger charge is 2.14. The zero-order valence-corrected chi connectivity index (χ0v) is 24.7. The van der Waals surface area contributed by atoms with E-state index < -0.39 is 0 Å². The summed E-state index contributed by atoms with van der Waals surface area (Å²) in [7, 11) is 0. The van der Waals surface area contributed by atoms with Crippen molar-refractivity contribution >= 4 is 6.29 Å². The molecular formula is C32H66N2O. The number of unbranched alkanes of at least 4 members (excludes halogenated alkanes) is 21. The van der Waals surface area contributed by atoms with Crippen molar-refractivity contribution in [1.82, 2.24) is 10.0 Å². The summed E-state index contributed by atoms with van der Waals surface area (Å²) < 4.78 is 0. The van der Waals surface area contributed by atoms with E-state index in [9.17, 15) is 4.79 Å². The maximum atomic E-state index is 11.5. The minimum Gasteiger partial charge on any atom is -0.302 e. The Labute approximate surface area is 222 Å². The monoisotopic (exact) mass is 495 g/mol. The van der Waals surface area contributed by atoms with E-state index in [0.29, 0.717) is 6.54 Å². The Morgan fingerprint density at radius 2 is 0.629 bits per heavy atom. The third kappa shape index (κ3) is 25.0. The third-order valence-electron chi connectivity index (χ3n) is 7.49. The predicted octanol–water partition coefficient (Wildman–Crippen LogP) is 10.1. The Bertz CT molecular complexity index is 383. The van der Waals surface area contributed by atoms with Crippen LogP contribution in [0.4, 0.5) is 0 Å². The lowest BCUT2D eigenvalue weighted by Crippen LogP contribution is -2.45. The molecular weight excluding hydrogens is 428 g/mol. The molecule has 0 saturated heterocycles. The highest BCUT2D eigenvalue weighted by Crippen LogP contribution is 2.14. The van der Waals surface area contributed by atoms with Gasteiger partial charge in [0.2, 0.25) is 0 Å². The Morgan fingerprint density at radius 1 is 0.371 bits per heavy atom. The van der Waals surface area contributed by atoms with Crippen molar-refractivity contribution in [1.29, 1.82) is 0 Å². The number of rotatable bonds is 30. The lowest BCUT2D eigenvalue weighted by Gasteiger charge is -2.34. The summed E-state index contributed by atoms with van der Waals surface area (Å²) in [5, 5.41) is 4.95. The second kappa shape index (κ2) is 29.8. The number of aldehydes is 1. The van der Waals surface area contributed by atoms with E-state index >= 15 is 0 Å². The molecule has 3 heteroatoms. The third-order valence-corrected chi connectivity index (χ3v) is 7.49. The summed E-state index contributed by atoms with van der Waals surface area (Å²) in [6, 6.07) is 0. The number of carbonyl (C=O) groups excluding carboxylic acids is 1. The summed E-state index contributed by atoms with van der Waals surface area (Å²) >= 11 is 0. The van der Waals surface area contributed by atoms with Crippen LogP contribution in [0.1, 0.15) is 175 Å². The second-order valence-corrected chi connectivity index (χ2v) is 11.0. The molecule has 0 spiro atoms. The highest BCUT2D eigenvalue weighted by molar-refractivity contribution is 5.51. The summed E-state index contributed by atoms with van der Waals surface area (Å²) in [5.74, 6) is 0. The minimum absolute atomic E-state index is 0.574. The van der Waals surface area contributed by atoms with Crippen LogP contribution in [0.3, 0.4) is 0 Å². The zero-order chi connectivity index (χ0) is 25.7. The average Bonchev–Trinajstić information content (AvgIpc) is 2.87. The number of carbonyl (C=O) groups is 1. The Kier molecular flexibility index (Phi) is 29.5. The SMILES string of the molecule is CCCCCCCCCCCCN(CC=O)N(CCCCCCCCC)CCCCCCCCC. The van der Waals surface area contributed by atoms with Crippen LogP contribution in [-0.2, 0) is 4.79 Å². The lowest BCUT2D eigenvalue weighted by molar-refractivity contribution is -0.114. The quantitative estimate of drug-likeness (QED) is 0.0563. The van der Waals surface area contributed by atoms with Crippen molar-refractivity contribution < 1.29 is 4.79 Å². The first-order valence-electron chi connectivity index (χ1n) is 16.2. The van der Waals surface area contributed by atoms with Gasteiger partial charge in [-0.05, 0) is 19.3 Å². The van der Waals surface area contributed by atoms with Gasteiger partial charge in [-0.15, -0.1) is 0 Å². The van der Waals surface area contributed by atoms with E-state index in [1.165, 1.54) is 154 Å². The maximum Gasteiger partial charge on any atom is 0.135 e. The lowest BCUT2D eigenvalue weighted by atomic mass is 10.1. The van der Waals surface area contributed by atoms with Crippen molar-refractivity contribution in [2.75, 3.05) is 26.2 Å². The Morgan fingerprint density at radius 3 is 0.914 bits per heavy atom. The molecule has 0 rings (SSSR count). The van der Waals surface area contributed by atoms with Gasteiger partial charge in [0, 0.05) is 19.6 Å². The molecule has 0 heterocycles. The molecule has 0 aromatic heterocycles. The minimum atomic E-state index is 0.574. The number of hydrogen-bond acceptors (Lipinski definition) is 3. The van der Waals surface area contributed by atoms with E-state index in [1.54, 1.807) is 0 Å². The molecule has 35 heavy (non-hydrogen) atoms. The van der Waals surface area contributed by atoms with Gasteiger partial charge < -0.3 is 4.79 Å². The zero-order valence-electron chi connectivity index (χ0n) is 24.7. The summed E-state index contributed by atoms with van der Waals surface area (Å²) in [4.78, 5) is 11.5. The molecule has 0 aliphatic heterocycles. The van der Waals surface area contributed by atoms with Gasteiger partial charge in [0.15, 0.2) is 0 Å². The fraction of sp³-hybridized carbons (Fsp3) is 0.969. The van der Waals surface area contributed by atoms with Crippen LogP contribution >= 0.6 is 0 Å². The summed E-state index contributed by atoms with van der Waals surface area (Å²) in [6.07, 6.45) is 33.8. The Hall–Kier alpha value is -0.410. The number of nitrogens with zero attached hydrogens (tertiary/aromatic N) is 2. The molecule has 0 amide bonds. The van der Waals surface area contributed by atoms with E-state index in [2.05, 4.69) is 30.8 Å². The van der Waals surface area contributed by atoms with Crippen LogP contribution in [0.25, 0.3) is 0 Å². The molecule has 0 unspecified atom stereocenters. The molecule has 3 nitrogen and oxygen atoms in total. The van der Waals surface area contributed by atoms with Crippen LogP contribution in [0.15, 0.2) is 0 Å². The standard InChI is InChI=1S/C32H66N2O/c1-4-7-10-13-16-17-18-21-24-27-30-34(31-32-35)33(28-25-22-19-14-11-8-5-2)29-26-23-20-15-12-9-6-3/h32H,4-31H2,1-3H3. The fourth-order valence-corrected chi connectivity index (χ4v) is 5.11. The second-order valence-electron chi connectivity index (χ2n) is 11.0. The van der Waals surface area contributed by atoms with Gasteiger partial charge >= 0.3 is 0 Å².